The highest BCUT2D eigenvalue weighted by Gasteiger charge is 2.02. The van der Waals surface area contributed by atoms with Crippen molar-refractivity contribution in [3.8, 4) is 0 Å². The van der Waals surface area contributed by atoms with Crippen molar-refractivity contribution in [3.63, 3.8) is 0 Å². The second kappa shape index (κ2) is 3.23. The molecule has 0 aliphatic rings. The zero-order valence-corrected chi connectivity index (χ0v) is 7.96. The maximum Gasteiger partial charge on any atom is 0.0454 e. The van der Waals surface area contributed by atoms with Gasteiger partial charge in [0.05, 0.1) is 0 Å². The van der Waals surface area contributed by atoms with Crippen molar-refractivity contribution >= 4 is 10.9 Å². The topological polar surface area (TPSA) is 27.8 Å². The van der Waals surface area contributed by atoms with Gasteiger partial charge < -0.3 is 10.3 Å². The molecule has 2 nitrogen and oxygen atoms in total. The number of benzene rings is 1. The molecule has 2 rings (SSSR count). The summed E-state index contributed by atoms with van der Waals surface area (Å²) in [6.45, 7) is 2.16. The summed E-state index contributed by atoms with van der Waals surface area (Å²) >= 11 is 0. The molecule has 1 aromatic carbocycles. The van der Waals surface area contributed by atoms with Crippen molar-refractivity contribution in [2.45, 2.75) is 13.0 Å². The normalized spacial score (nSPS) is 13.4. The van der Waals surface area contributed by atoms with E-state index < -0.39 is 0 Å². The molecular formula is C11H14N2. The van der Waals surface area contributed by atoms with Crippen LogP contribution in [-0.4, -0.2) is 12.0 Å². The second-order valence-electron chi connectivity index (χ2n) is 3.33. The molecule has 2 aromatic rings. The van der Waals surface area contributed by atoms with Crippen LogP contribution in [0.15, 0.2) is 30.5 Å². The minimum atomic E-state index is 0.416. The molecule has 13 heavy (non-hydrogen) atoms. The minimum Gasteiger partial charge on any atom is -0.361 e. The van der Waals surface area contributed by atoms with Crippen LogP contribution in [0.5, 0.6) is 0 Å². The molecule has 2 heteroatoms. The zero-order chi connectivity index (χ0) is 9.26. The molecule has 0 bridgehead atoms. The predicted molar refractivity (Wildman–Crippen MR) is 55.8 cm³/mol. The van der Waals surface area contributed by atoms with E-state index >= 15 is 0 Å². The van der Waals surface area contributed by atoms with Crippen LogP contribution in [0.1, 0.15) is 18.5 Å². The quantitative estimate of drug-likeness (QED) is 0.719. The third-order valence-electron chi connectivity index (χ3n) is 2.51. The molecule has 0 spiro atoms. The van der Waals surface area contributed by atoms with Crippen LogP contribution >= 0.6 is 0 Å². The third kappa shape index (κ3) is 1.45. The van der Waals surface area contributed by atoms with Gasteiger partial charge in [-0.1, -0.05) is 6.07 Å². The van der Waals surface area contributed by atoms with E-state index in [1.807, 2.05) is 13.2 Å². The van der Waals surface area contributed by atoms with Crippen molar-refractivity contribution < 1.29 is 0 Å². The van der Waals surface area contributed by atoms with Gasteiger partial charge in [0.15, 0.2) is 0 Å². The highest BCUT2D eigenvalue weighted by atomic mass is 14.8. The summed E-state index contributed by atoms with van der Waals surface area (Å²) in [5, 5.41) is 4.51. The molecule has 1 heterocycles. The van der Waals surface area contributed by atoms with Gasteiger partial charge in [0.2, 0.25) is 0 Å². The summed E-state index contributed by atoms with van der Waals surface area (Å²) in [6, 6.07) is 9.01. The van der Waals surface area contributed by atoms with Crippen LogP contribution < -0.4 is 5.32 Å². The van der Waals surface area contributed by atoms with Crippen LogP contribution in [0, 0.1) is 0 Å². The van der Waals surface area contributed by atoms with Crippen molar-refractivity contribution in [3.05, 3.63) is 36.0 Å². The van der Waals surface area contributed by atoms with Crippen LogP contribution in [0.25, 0.3) is 10.9 Å². The van der Waals surface area contributed by atoms with E-state index in [0.29, 0.717) is 6.04 Å². The fourth-order valence-corrected chi connectivity index (χ4v) is 1.51. The van der Waals surface area contributed by atoms with E-state index in [2.05, 4.69) is 41.5 Å². The monoisotopic (exact) mass is 174 g/mol. The molecule has 0 amide bonds. The number of H-pyrrole nitrogens is 1. The van der Waals surface area contributed by atoms with Crippen LogP contribution in [0.2, 0.25) is 0 Å². The molecule has 1 atom stereocenters. The minimum absolute atomic E-state index is 0.416. The molecule has 0 fully saturated rings. The second-order valence-corrected chi connectivity index (χ2v) is 3.33. The van der Waals surface area contributed by atoms with Crippen LogP contribution in [0.3, 0.4) is 0 Å². The first-order valence-electron chi connectivity index (χ1n) is 4.55. The summed E-state index contributed by atoms with van der Waals surface area (Å²) < 4.78 is 0. The van der Waals surface area contributed by atoms with E-state index in [0.717, 1.165) is 0 Å². The molecule has 0 unspecified atom stereocenters. The first kappa shape index (κ1) is 8.32. The van der Waals surface area contributed by atoms with Gasteiger partial charge in [-0.3, -0.25) is 0 Å². The zero-order valence-electron chi connectivity index (χ0n) is 7.96. The first-order chi connectivity index (χ1) is 6.31. The lowest BCUT2D eigenvalue weighted by atomic mass is 10.1. The molecule has 0 aliphatic carbocycles. The number of fused-ring (bicyclic) bond motifs is 1. The number of nitrogens with one attached hydrogen (secondary N) is 2. The number of aromatic amines is 1. The third-order valence-corrected chi connectivity index (χ3v) is 2.51. The summed E-state index contributed by atoms with van der Waals surface area (Å²) in [4.78, 5) is 3.18. The van der Waals surface area contributed by atoms with Crippen LogP contribution in [0.4, 0.5) is 0 Å². The van der Waals surface area contributed by atoms with Gasteiger partial charge >= 0.3 is 0 Å². The largest absolute Gasteiger partial charge is 0.361 e. The van der Waals surface area contributed by atoms with Gasteiger partial charge in [-0.15, -0.1) is 0 Å². The summed E-state index contributed by atoms with van der Waals surface area (Å²) in [6.07, 6.45) is 1.97. The van der Waals surface area contributed by atoms with E-state index in [4.69, 9.17) is 0 Å². The first-order valence-corrected chi connectivity index (χ1v) is 4.55. The Morgan fingerprint density at radius 3 is 2.92 bits per heavy atom. The maximum absolute atomic E-state index is 3.23. The number of hydrogen-bond donors (Lipinski definition) is 2. The average Bonchev–Trinajstić information content (AvgIpc) is 2.63. The van der Waals surface area contributed by atoms with Gasteiger partial charge in [0.1, 0.15) is 0 Å². The lowest BCUT2D eigenvalue weighted by Crippen LogP contribution is -2.11. The Hall–Kier alpha value is -1.28. The Balaban J connectivity index is 2.48. The summed E-state index contributed by atoms with van der Waals surface area (Å²) in [7, 11) is 1.98. The standard InChI is InChI=1S/C11H14N2/c1-8(12-2)9-3-4-11-10(7-9)5-6-13-11/h3-8,12-13H,1-2H3/t8-/m1/s1. The Morgan fingerprint density at radius 1 is 1.31 bits per heavy atom. The SMILES string of the molecule is CN[C@H](C)c1ccc2[nH]ccc2c1. The predicted octanol–water partition coefficient (Wildman–Crippen LogP) is 2.45. The van der Waals surface area contributed by atoms with Gasteiger partial charge in [0.25, 0.3) is 0 Å². The highest BCUT2D eigenvalue weighted by Crippen LogP contribution is 2.18. The molecular weight excluding hydrogens is 160 g/mol. The molecule has 0 saturated carbocycles. The van der Waals surface area contributed by atoms with Crippen molar-refractivity contribution in [1.82, 2.24) is 10.3 Å². The molecule has 0 saturated heterocycles. The fraction of sp³-hybridized carbons (Fsp3) is 0.273. The van der Waals surface area contributed by atoms with E-state index in [-0.39, 0.29) is 0 Å². The number of rotatable bonds is 2. The van der Waals surface area contributed by atoms with E-state index in [9.17, 15) is 0 Å². The maximum atomic E-state index is 3.23. The smallest absolute Gasteiger partial charge is 0.0454 e. The molecule has 0 radical (unpaired) electrons. The van der Waals surface area contributed by atoms with Gasteiger partial charge in [-0.2, -0.15) is 0 Å². The van der Waals surface area contributed by atoms with Crippen LogP contribution in [-0.2, 0) is 0 Å². The molecule has 2 N–H and O–H groups in total. The van der Waals surface area contributed by atoms with Crippen molar-refractivity contribution in [1.29, 1.82) is 0 Å². The highest BCUT2D eigenvalue weighted by molar-refractivity contribution is 5.80. The Kier molecular flexibility index (Phi) is 2.07. The van der Waals surface area contributed by atoms with Gasteiger partial charge in [-0.05, 0) is 43.1 Å². The van der Waals surface area contributed by atoms with Crippen molar-refractivity contribution in [2.24, 2.45) is 0 Å². The number of aromatic nitrogens is 1. The molecule has 0 aliphatic heterocycles. The van der Waals surface area contributed by atoms with Crippen molar-refractivity contribution in [2.75, 3.05) is 7.05 Å². The molecule has 68 valence electrons. The summed E-state index contributed by atoms with van der Waals surface area (Å²) in [5.41, 5.74) is 2.53. The fourth-order valence-electron chi connectivity index (χ4n) is 1.51. The summed E-state index contributed by atoms with van der Waals surface area (Å²) in [5.74, 6) is 0. The lowest BCUT2D eigenvalue weighted by molar-refractivity contribution is 0.653. The Labute approximate surface area is 78.0 Å². The van der Waals surface area contributed by atoms with E-state index in [1.165, 1.54) is 16.5 Å². The molecule has 1 aromatic heterocycles. The van der Waals surface area contributed by atoms with Gasteiger partial charge in [0, 0.05) is 17.8 Å². The Bertz CT molecular complexity index is 403. The van der Waals surface area contributed by atoms with Gasteiger partial charge in [-0.25, -0.2) is 0 Å². The average molecular weight is 174 g/mol. The van der Waals surface area contributed by atoms with E-state index in [1.54, 1.807) is 0 Å². The number of hydrogen-bond acceptors (Lipinski definition) is 1. The Morgan fingerprint density at radius 2 is 2.15 bits per heavy atom. The lowest BCUT2D eigenvalue weighted by Gasteiger charge is -2.09.